The zero-order chi connectivity index (χ0) is 21.3. The number of guanidine groups is 1. The molecule has 0 aliphatic rings. The van der Waals surface area contributed by atoms with Crippen LogP contribution in [0.2, 0.25) is 0 Å². The SMILES string of the molecule is COCc1ccccc1NC(N)=NCCc1ccc(NC(=O)OC(C)(C)C)cc1. The van der Waals surface area contributed by atoms with Crippen LogP contribution >= 0.6 is 0 Å². The van der Waals surface area contributed by atoms with Crippen molar-refractivity contribution in [2.45, 2.75) is 39.4 Å². The molecule has 4 N–H and O–H groups in total. The predicted molar refractivity (Wildman–Crippen MR) is 117 cm³/mol. The predicted octanol–water partition coefficient (Wildman–Crippen LogP) is 4.15. The summed E-state index contributed by atoms with van der Waals surface area (Å²) in [6, 6.07) is 15.4. The standard InChI is InChI=1S/C22H30N4O3/c1-22(2,3)29-21(27)25-18-11-9-16(10-12-18)13-14-24-20(23)26-19-8-6-5-7-17(19)15-28-4/h5-12H,13-15H2,1-4H3,(H,25,27)(H3,23,24,26). The summed E-state index contributed by atoms with van der Waals surface area (Å²) in [4.78, 5) is 16.2. The Morgan fingerprint density at radius 3 is 2.41 bits per heavy atom. The van der Waals surface area contributed by atoms with Gasteiger partial charge in [0, 0.05) is 30.6 Å². The number of benzene rings is 2. The number of nitrogens with zero attached hydrogens (tertiary/aromatic N) is 1. The van der Waals surface area contributed by atoms with Crippen LogP contribution in [-0.4, -0.2) is 31.3 Å². The minimum atomic E-state index is -0.528. The van der Waals surface area contributed by atoms with Gasteiger partial charge < -0.3 is 20.5 Å². The summed E-state index contributed by atoms with van der Waals surface area (Å²) in [7, 11) is 1.66. The Balaban J connectivity index is 1.84. The summed E-state index contributed by atoms with van der Waals surface area (Å²) in [6.45, 7) is 6.52. The van der Waals surface area contributed by atoms with Crippen molar-refractivity contribution in [2.75, 3.05) is 24.3 Å². The molecule has 0 fully saturated rings. The third kappa shape index (κ3) is 8.23. The molecule has 0 aromatic heterocycles. The molecule has 7 nitrogen and oxygen atoms in total. The van der Waals surface area contributed by atoms with Crippen LogP contribution in [0.1, 0.15) is 31.9 Å². The van der Waals surface area contributed by atoms with E-state index in [-0.39, 0.29) is 0 Å². The van der Waals surface area contributed by atoms with Crippen molar-refractivity contribution in [2.24, 2.45) is 10.7 Å². The largest absolute Gasteiger partial charge is 0.444 e. The number of methoxy groups -OCH3 is 1. The van der Waals surface area contributed by atoms with Gasteiger partial charge in [0.2, 0.25) is 0 Å². The summed E-state index contributed by atoms with van der Waals surface area (Å²) in [5, 5.41) is 5.83. The van der Waals surface area contributed by atoms with Crippen molar-refractivity contribution in [1.29, 1.82) is 0 Å². The number of rotatable bonds is 7. The van der Waals surface area contributed by atoms with Crippen LogP contribution < -0.4 is 16.4 Å². The fraction of sp³-hybridized carbons (Fsp3) is 0.364. The normalized spacial score (nSPS) is 11.8. The molecule has 0 atom stereocenters. The molecule has 2 rings (SSSR count). The third-order valence-electron chi connectivity index (χ3n) is 3.86. The lowest BCUT2D eigenvalue weighted by atomic mass is 10.1. The van der Waals surface area contributed by atoms with E-state index in [1.807, 2.05) is 69.3 Å². The van der Waals surface area contributed by atoms with Gasteiger partial charge in [0.05, 0.1) is 6.61 Å². The molecule has 7 heteroatoms. The van der Waals surface area contributed by atoms with Gasteiger partial charge in [0.25, 0.3) is 0 Å². The van der Waals surface area contributed by atoms with E-state index in [0.717, 1.165) is 23.2 Å². The minimum absolute atomic E-state index is 0.358. The number of anilines is 2. The number of ether oxygens (including phenoxy) is 2. The summed E-state index contributed by atoms with van der Waals surface area (Å²) in [5.41, 5.74) is 9.15. The minimum Gasteiger partial charge on any atom is -0.444 e. The molecule has 0 aliphatic heterocycles. The van der Waals surface area contributed by atoms with Crippen LogP contribution in [0.4, 0.5) is 16.2 Å². The number of carbonyl (C=O) groups is 1. The number of hydrogen-bond donors (Lipinski definition) is 3. The molecule has 0 spiro atoms. The first-order valence-electron chi connectivity index (χ1n) is 9.49. The average Bonchev–Trinajstić information content (AvgIpc) is 2.63. The highest BCUT2D eigenvalue weighted by Gasteiger charge is 2.16. The summed E-state index contributed by atoms with van der Waals surface area (Å²) >= 11 is 0. The number of aliphatic imine (C=N–C) groups is 1. The van der Waals surface area contributed by atoms with E-state index < -0.39 is 11.7 Å². The van der Waals surface area contributed by atoms with E-state index in [9.17, 15) is 4.79 Å². The molecule has 0 bridgehead atoms. The third-order valence-corrected chi connectivity index (χ3v) is 3.86. The highest BCUT2D eigenvalue weighted by molar-refractivity contribution is 5.93. The van der Waals surface area contributed by atoms with Gasteiger partial charge in [-0.1, -0.05) is 30.3 Å². The van der Waals surface area contributed by atoms with Gasteiger partial charge in [-0.05, 0) is 51.0 Å². The lowest BCUT2D eigenvalue weighted by Crippen LogP contribution is -2.27. The summed E-state index contributed by atoms with van der Waals surface area (Å²) in [6.07, 6.45) is 0.261. The first kappa shape index (κ1) is 22.2. The molecule has 1 amide bonds. The van der Waals surface area contributed by atoms with Crippen molar-refractivity contribution in [3.63, 3.8) is 0 Å². The second-order valence-corrected chi connectivity index (χ2v) is 7.56. The summed E-state index contributed by atoms with van der Waals surface area (Å²) in [5.74, 6) is 0.358. The van der Waals surface area contributed by atoms with E-state index in [2.05, 4.69) is 15.6 Å². The van der Waals surface area contributed by atoms with Gasteiger partial charge in [-0.2, -0.15) is 0 Å². The van der Waals surface area contributed by atoms with Gasteiger partial charge >= 0.3 is 6.09 Å². The number of nitrogens with two attached hydrogens (primary N) is 1. The molecule has 29 heavy (non-hydrogen) atoms. The number of amides is 1. The van der Waals surface area contributed by atoms with Crippen molar-refractivity contribution >= 4 is 23.4 Å². The molecule has 0 heterocycles. The maximum absolute atomic E-state index is 11.8. The molecule has 0 unspecified atom stereocenters. The van der Waals surface area contributed by atoms with Crippen LogP contribution in [0.5, 0.6) is 0 Å². The molecular weight excluding hydrogens is 368 g/mol. The van der Waals surface area contributed by atoms with Gasteiger partial charge in [0.1, 0.15) is 5.60 Å². The number of hydrogen-bond acceptors (Lipinski definition) is 4. The number of carbonyl (C=O) groups excluding carboxylic acids is 1. The second-order valence-electron chi connectivity index (χ2n) is 7.56. The highest BCUT2D eigenvalue weighted by atomic mass is 16.6. The van der Waals surface area contributed by atoms with Gasteiger partial charge in [-0.25, -0.2) is 4.79 Å². The Hall–Kier alpha value is -3.06. The zero-order valence-electron chi connectivity index (χ0n) is 17.5. The lowest BCUT2D eigenvalue weighted by Gasteiger charge is -2.19. The van der Waals surface area contributed by atoms with Crippen LogP contribution in [0.25, 0.3) is 0 Å². The van der Waals surface area contributed by atoms with Crippen molar-refractivity contribution in [3.8, 4) is 0 Å². The Kier molecular flexibility index (Phi) is 8.03. The molecule has 0 saturated heterocycles. The van der Waals surface area contributed by atoms with Gasteiger partial charge in [-0.3, -0.25) is 10.3 Å². The lowest BCUT2D eigenvalue weighted by molar-refractivity contribution is 0.0636. The van der Waals surface area contributed by atoms with E-state index in [4.69, 9.17) is 15.2 Å². The molecular formula is C22H30N4O3. The van der Waals surface area contributed by atoms with Gasteiger partial charge in [0.15, 0.2) is 5.96 Å². The monoisotopic (exact) mass is 398 g/mol. The number of nitrogens with one attached hydrogen (secondary N) is 2. The van der Waals surface area contributed by atoms with Crippen LogP contribution in [0.15, 0.2) is 53.5 Å². The van der Waals surface area contributed by atoms with E-state index in [0.29, 0.717) is 24.8 Å². The Morgan fingerprint density at radius 2 is 1.76 bits per heavy atom. The Bertz CT molecular complexity index is 827. The van der Waals surface area contributed by atoms with Crippen molar-refractivity contribution in [1.82, 2.24) is 0 Å². The Morgan fingerprint density at radius 1 is 1.07 bits per heavy atom. The zero-order valence-corrected chi connectivity index (χ0v) is 17.5. The molecule has 0 saturated carbocycles. The summed E-state index contributed by atoms with van der Waals surface area (Å²) < 4.78 is 10.4. The van der Waals surface area contributed by atoms with E-state index in [1.54, 1.807) is 7.11 Å². The van der Waals surface area contributed by atoms with Crippen molar-refractivity contribution < 1.29 is 14.3 Å². The van der Waals surface area contributed by atoms with E-state index in [1.165, 1.54) is 0 Å². The number of para-hydroxylation sites is 1. The van der Waals surface area contributed by atoms with Crippen LogP contribution in [0.3, 0.4) is 0 Å². The topological polar surface area (TPSA) is 98.0 Å². The smallest absolute Gasteiger partial charge is 0.412 e. The first-order chi connectivity index (χ1) is 13.8. The van der Waals surface area contributed by atoms with E-state index >= 15 is 0 Å². The van der Waals surface area contributed by atoms with Crippen LogP contribution in [0, 0.1) is 0 Å². The van der Waals surface area contributed by atoms with Crippen molar-refractivity contribution in [3.05, 3.63) is 59.7 Å². The fourth-order valence-corrected chi connectivity index (χ4v) is 2.58. The second kappa shape index (κ2) is 10.5. The quantitative estimate of drug-likeness (QED) is 0.481. The first-order valence-corrected chi connectivity index (χ1v) is 9.49. The molecule has 2 aromatic rings. The molecule has 0 radical (unpaired) electrons. The van der Waals surface area contributed by atoms with Crippen LogP contribution in [-0.2, 0) is 22.5 Å². The fourth-order valence-electron chi connectivity index (χ4n) is 2.58. The Labute approximate surface area is 172 Å². The molecule has 2 aromatic carbocycles. The maximum atomic E-state index is 11.8. The molecule has 0 aliphatic carbocycles. The maximum Gasteiger partial charge on any atom is 0.412 e. The average molecular weight is 399 g/mol. The molecule has 156 valence electrons. The van der Waals surface area contributed by atoms with Gasteiger partial charge in [-0.15, -0.1) is 0 Å². The highest BCUT2D eigenvalue weighted by Crippen LogP contribution is 2.16.